The Morgan fingerprint density at radius 3 is 2.52 bits per heavy atom. The summed E-state index contributed by atoms with van der Waals surface area (Å²) in [7, 11) is 0. The second-order valence-electron chi connectivity index (χ2n) is 5.86. The minimum atomic E-state index is -0.551. The molecule has 2 amide bonds. The first-order valence-corrected chi connectivity index (χ1v) is 8.84. The summed E-state index contributed by atoms with van der Waals surface area (Å²) in [6.07, 6.45) is 1.47. The largest absolute Gasteiger partial charge is 0.298 e. The van der Waals surface area contributed by atoms with E-state index in [2.05, 4.69) is 10.3 Å². The summed E-state index contributed by atoms with van der Waals surface area (Å²) >= 11 is 11.1. The molecule has 27 heavy (non-hydrogen) atoms. The summed E-state index contributed by atoms with van der Waals surface area (Å²) in [5, 5.41) is 4.08. The molecule has 3 aromatic rings. The average molecular weight is 394 g/mol. The van der Waals surface area contributed by atoms with E-state index in [0.717, 1.165) is 10.9 Å². The van der Waals surface area contributed by atoms with Gasteiger partial charge in [-0.25, -0.2) is 4.98 Å². The Morgan fingerprint density at radius 1 is 1.00 bits per heavy atom. The number of fused-ring (bicyclic) bond motifs is 1. The van der Waals surface area contributed by atoms with Gasteiger partial charge in [-0.15, -0.1) is 0 Å². The van der Waals surface area contributed by atoms with Crippen LogP contribution in [0.15, 0.2) is 66.2 Å². The fourth-order valence-corrected chi connectivity index (χ4v) is 3.20. The summed E-state index contributed by atoms with van der Waals surface area (Å²) in [4.78, 5) is 31.1. The molecule has 4 rings (SSSR count). The molecule has 132 valence electrons. The molecule has 1 fully saturated rings. The fraction of sp³-hybridized carbons (Fsp3) is 0. The van der Waals surface area contributed by atoms with Crippen molar-refractivity contribution in [2.75, 3.05) is 4.90 Å². The van der Waals surface area contributed by atoms with Crippen molar-refractivity contribution in [1.29, 1.82) is 0 Å². The molecule has 1 N–H and O–H groups in total. The number of nitrogens with one attached hydrogen (secondary N) is 1. The van der Waals surface area contributed by atoms with Crippen molar-refractivity contribution in [3.63, 3.8) is 0 Å². The van der Waals surface area contributed by atoms with Crippen LogP contribution in [0.2, 0.25) is 5.02 Å². The molecule has 1 aliphatic rings. The predicted octanol–water partition coefficient (Wildman–Crippen LogP) is 3.72. The number of rotatable bonds is 2. The number of carbonyl (C=O) groups excluding carboxylic acids is 2. The third-order valence-electron chi connectivity index (χ3n) is 4.10. The number of carbonyl (C=O) groups is 2. The lowest BCUT2D eigenvalue weighted by Crippen LogP contribution is -2.54. The quantitative estimate of drug-likeness (QED) is 0.409. The van der Waals surface area contributed by atoms with Crippen LogP contribution < -0.4 is 10.2 Å². The van der Waals surface area contributed by atoms with Gasteiger partial charge < -0.3 is 0 Å². The first kappa shape index (κ1) is 17.3. The van der Waals surface area contributed by atoms with E-state index in [1.807, 2.05) is 30.3 Å². The van der Waals surface area contributed by atoms with E-state index >= 15 is 0 Å². The lowest BCUT2D eigenvalue weighted by atomic mass is 10.1. The Kier molecular flexibility index (Phi) is 4.43. The number of pyridine rings is 1. The van der Waals surface area contributed by atoms with Crippen molar-refractivity contribution in [2.45, 2.75) is 0 Å². The summed E-state index contributed by atoms with van der Waals surface area (Å²) < 4.78 is 0. The van der Waals surface area contributed by atoms with E-state index in [0.29, 0.717) is 16.4 Å². The minimum absolute atomic E-state index is 0.0240. The van der Waals surface area contributed by atoms with Crippen LogP contribution in [0.5, 0.6) is 0 Å². The molecule has 0 atom stereocenters. The highest BCUT2D eigenvalue weighted by molar-refractivity contribution is 7.80. The third-order valence-corrected chi connectivity index (χ3v) is 4.64. The molecule has 1 saturated heterocycles. The second kappa shape index (κ2) is 6.90. The number of benzene rings is 2. The molecule has 0 unspecified atom stereocenters. The van der Waals surface area contributed by atoms with Gasteiger partial charge in [0.2, 0.25) is 0 Å². The number of hydrogen-bond donors (Lipinski definition) is 1. The summed E-state index contributed by atoms with van der Waals surface area (Å²) in [6.45, 7) is 0. The molecule has 0 bridgehead atoms. The van der Waals surface area contributed by atoms with E-state index in [-0.39, 0.29) is 10.7 Å². The molecule has 0 saturated carbocycles. The van der Waals surface area contributed by atoms with E-state index in [1.165, 1.54) is 11.0 Å². The number of amides is 2. The summed E-state index contributed by atoms with van der Waals surface area (Å²) in [5.41, 5.74) is 1.77. The van der Waals surface area contributed by atoms with Gasteiger partial charge in [0.1, 0.15) is 5.57 Å². The lowest BCUT2D eigenvalue weighted by Gasteiger charge is -2.28. The highest BCUT2D eigenvalue weighted by Crippen LogP contribution is 2.24. The highest BCUT2D eigenvalue weighted by Gasteiger charge is 2.34. The summed E-state index contributed by atoms with van der Waals surface area (Å²) in [5.74, 6) is -1.06. The first-order chi connectivity index (χ1) is 13.0. The average Bonchev–Trinajstić information content (AvgIpc) is 2.66. The van der Waals surface area contributed by atoms with Gasteiger partial charge in [-0.1, -0.05) is 35.9 Å². The number of hydrogen-bond acceptors (Lipinski definition) is 4. The highest BCUT2D eigenvalue weighted by atomic mass is 35.5. The van der Waals surface area contributed by atoms with Gasteiger partial charge in [-0.2, -0.15) is 0 Å². The maximum absolute atomic E-state index is 12.9. The van der Waals surface area contributed by atoms with E-state index in [9.17, 15) is 9.59 Å². The van der Waals surface area contributed by atoms with Crippen molar-refractivity contribution >= 4 is 63.4 Å². The van der Waals surface area contributed by atoms with Crippen LogP contribution >= 0.6 is 23.8 Å². The molecular formula is C20H12ClN3O2S. The lowest BCUT2D eigenvalue weighted by molar-refractivity contribution is -0.122. The van der Waals surface area contributed by atoms with Crippen LogP contribution in [-0.4, -0.2) is 21.9 Å². The van der Waals surface area contributed by atoms with E-state index in [4.69, 9.17) is 23.8 Å². The molecule has 2 aromatic carbocycles. The van der Waals surface area contributed by atoms with Gasteiger partial charge >= 0.3 is 0 Å². The molecule has 1 aromatic heterocycles. The van der Waals surface area contributed by atoms with Gasteiger partial charge in [0, 0.05) is 10.4 Å². The zero-order valence-electron chi connectivity index (χ0n) is 13.8. The third kappa shape index (κ3) is 3.32. The van der Waals surface area contributed by atoms with Gasteiger partial charge in [0.15, 0.2) is 5.11 Å². The number of nitrogens with zero attached hydrogens (tertiary/aromatic N) is 2. The molecular weight excluding hydrogens is 382 g/mol. The SMILES string of the molecule is O=C1NC(=S)N(c2ccc(Cl)cc2)C(=O)/C1=C\c1ccc2ccccc2n1. The minimum Gasteiger partial charge on any atom is -0.298 e. The van der Waals surface area contributed by atoms with Gasteiger partial charge in [-0.3, -0.25) is 19.8 Å². The standard InChI is InChI=1S/C20H12ClN3O2S/c21-13-6-9-15(10-7-13)24-19(26)16(18(25)23-20(24)27)11-14-8-5-12-3-1-2-4-17(12)22-14/h1-11H,(H,23,25,27)/b16-11-. The Balaban J connectivity index is 1.74. The Hall–Kier alpha value is -3.09. The predicted molar refractivity (Wildman–Crippen MR) is 109 cm³/mol. The van der Waals surface area contributed by atoms with Crippen molar-refractivity contribution in [3.05, 3.63) is 77.0 Å². The van der Waals surface area contributed by atoms with Crippen molar-refractivity contribution in [3.8, 4) is 0 Å². The van der Waals surface area contributed by atoms with Crippen LogP contribution in [0.1, 0.15) is 5.69 Å². The number of halogens is 1. The van der Waals surface area contributed by atoms with Gasteiger partial charge in [0.25, 0.3) is 11.8 Å². The molecule has 5 nitrogen and oxygen atoms in total. The monoisotopic (exact) mass is 393 g/mol. The number of anilines is 1. The normalized spacial score (nSPS) is 16.1. The van der Waals surface area contributed by atoms with Crippen molar-refractivity contribution < 1.29 is 9.59 Å². The van der Waals surface area contributed by atoms with Gasteiger partial charge in [0.05, 0.1) is 16.9 Å². The summed E-state index contributed by atoms with van der Waals surface area (Å²) in [6, 6.07) is 17.9. The Labute approximate surface area is 165 Å². The molecule has 0 radical (unpaired) electrons. The maximum atomic E-state index is 12.9. The van der Waals surface area contributed by atoms with Crippen molar-refractivity contribution in [1.82, 2.24) is 10.3 Å². The molecule has 7 heteroatoms. The molecule has 0 aliphatic carbocycles. The van der Waals surface area contributed by atoms with E-state index in [1.54, 1.807) is 30.3 Å². The smallest absolute Gasteiger partial charge is 0.270 e. The number of para-hydroxylation sites is 1. The van der Waals surface area contributed by atoms with E-state index < -0.39 is 11.8 Å². The van der Waals surface area contributed by atoms with Crippen LogP contribution in [0, 0.1) is 0 Å². The van der Waals surface area contributed by atoms with Crippen LogP contribution in [0.3, 0.4) is 0 Å². The molecule has 0 spiro atoms. The number of thiocarbonyl (C=S) groups is 1. The second-order valence-corrected chi connectivity index (χ2v) is 6.69. The van der Waals surface area contributed by atoms with Crippen LogP contribution in [-0.2, 0) is 9.59 Å². The van der Waals surface area contributed by atoms with Crippen LogP contribution in [0.25, 0.3) is 17.0 Å². The molecule has 1 aliphatic heterocycles. The Bertz CT molecular complexity index is 1130. The van der Waals surface area contributed by atoms with Gasteiger partial charge in [-0.05, 0) is 54.7 Å². The zero-order chi connectivity index (χ0) is 19.0. The fourth-order valence-electron chi connectivity index (χ4n) is 2.79. The maximum Gasteiger partial charge on any atom is 0.270 e. The zero-order valence-corrected chi connectivity index (χ0v) is 15.4. The van der Waals surface area contributed by atoms with Crippen molar-refractivity contribution in [2.24, 2.45) is 0 Å². The first-order valence-electron chi connectivity index (χ1n) is 8.06. The number of aromatic nitrogens is 1. The van der Waals surface area contributed by atoms with Crippen LogP contribution in [0.4, 0.5) is 5.69 Å². The Morgan fingerprint density at radius 2 is 1.74 bits per heavy atom. The molecule has 2 heterocycles. The topological polar surface area (TPSA) is 62.3 Å².